The number of benzene rings is 1. The SMILES string of the molecule is [2H]c1c([2H])c([2H])c(-c2[nH+]c(N)n3c(=O)n(C[C@H]4CCCO4)nc3c2-c2cc(Cl)nc(CO)c2)c([2H])c1[2H]. The van der Waals surface area contributed by atoms with E-state index in [9.17, 15) is 9.90 Å². The van der Waals surface area contributed by atoms with Crippen LogP contribution in [0.5, 0.6) is 0 Å². The van der Waals surface area contributed by atoms with Gasteiger partial charge in [0.05, 0.1) is 37.4 Å². The van der Waals surface area contributed by atoms with Gasteiger partial charge in [0, 0.05) is 12.2 Å². The van der Waals surface area contributed by atoms with Crippen LogP contribution in [0.1, 0.15) is 25.4 Å². The molecule has 0 saturated carbocycles. The van der Waals surface area contributed by atoms with Crippen LogP contribution < -0.4 is 16.4 Å². The zero-order valence-corrected chi connectivity index (χ0v) is 17.5. The van der Waals surface area contributed by atoms with Crippen molar-refractivity contribution in [2.45, 2.75) is 32.1 Å². The second-order valence-electron chi connectivity index (χ2n) is 7.35. The summed E-state index contributed by atoms with van der Waals surface area (Å²) in [4.78, 5) is 20.2. The minimum absolute atomic E-state index is 0.0300. The maximum atomic E-state index is 13.3. The predicted molar refractivity (Wildman–Crippen MR) is 119 cm³/mol. The van der Waals surface area contributed by atoms with Crippen LogP contribution in [-0.2, 0) is 17.9 Å². The van der Waals surface area contributed by atoms with Crippen molar-refractivity contribution in [1.82, 2.24) is 19.2 Å². The summed E-state index contributed by atoms with van der Waals surface area (Å²) in [7, 11) is 0. The number of fused-ring (bicyclic) bond motifs is 1. The van der Waals surface area contributed by atoms with Crippen LogP contribution >= 0.6 is 11.6 Å². The Bertz CT molecular complexity index is 1590. The molecule has 1 aliphatic heterocycles. The molecule has 3 aromatic heterocycles. The van der Waals surface area contributed by atoms with Crippen molar-refractivity contribution in [3.05, 3.63) is 63.7 Å². The van der Waals surface area contributed by atoms with Gasteiger partial charge in [-0.1, -0.05) is 41.8 Å². The number of aliphatic hydroxyl groups excluding tert-OH is 1. The van der Waals surface area contributed by atoms with E-state index in [1.165, 1.54) is 16.8 Å². The van der Waals surface area contributed by atoms with Crippen LogP contribution in [0.4, 0.5) is 5.95 Å². The molecule has 0 unspecified atom stereocenters. The lowest BCUT2D eigenvalue weighted by Gasteiger charge is -2.10. The fourth-order valence-electron chi connectivity index (χ4n) is 3.86. The Kier molecular flexibility index (Phi) is 4.05. The van der Waals surface area contributed by atoms with Gasteiger partial charge in [-0.05, 0) is 30.5 Å². The molecule has 10 heteroatoms. The van der Waals surface area contributed by atoms with Gasteiger partial charge < -0.3 is 9.84 Å². The van der Waals surface area contributed by atoms with Crippen LogP contribution in [0.2, 0.25) is 5.15 Å². The summed E-state index contributed by atoms with van der Waals surface area (Å²) in [6.07, 6.45) is 1.43. The third-order valence-electron chi connectivity index (χ3n) is 5.26. The molecule has 4 N–H and O–H groups in total. The van der Waals surface area contributed by atoms with E-state index in [4.69, 9.17) is 28.9 Å². The molecular weight excluding hydrogens is 432 g/mol. The molecule has 164 valence electrons. The number of nitrogens with one attached hydrogen (secondary N) is 1. The topological polar surface area (TPSA) is 122 Å². The van der Waals surface area contributed by atoms with Crippen LogP contribution in [0, 0.1) is 0 Å². The zero-order chi connectivity index (χ0) is 26.6. The van der Waals surface area contributed by atoms with Gasteiger partial charge in [0.1, 0.15) is 10.8 Å². The number of hydrogen-bond acceptors (Lipinski definition) is 6. The molecule has 9 nitrogen and oxygen atoms in total. The van der Waals surface area contributed by atoms with Crippen LogP contribution in [0.3, 0.4) is 0 Å². The lowest BCUT2D eigenvalue weighted by molar-refractivity contribution is -0.351. The zero-order valence-electron chi connectivity index (χ0n) is 21.8. The highest BCUT2D eigenvalue weighted by atomic mass is 35.5. The molecule has 1 atom stereocenters. The number of nitrogen functional groups attached to an aromatic ring is 1. The van der Waals surface area contributed by atoms with E-state index in [0.717, 1.165) is 17.2 Å². The van der Waals surface area contributed by atoms with Gasteiger partial charge in [-0.25, -0.2) is 14.8 Å². The van der Waals surface area contributed by atoms with Crippen molar-refractivity contribution in [1.29, 1.82) is 0 Å². The molecule has 0 amide bonds. The Morgan fingerprint density at radius 2 is 2.12 bits per heavy atom. The molecule has 0 bridgehead atoms. The largest absolute Gasteiger partial charge is 0.411 e. The quantitative estimate of drug-likeness (QED) is 0.441. The van der Waals surface area contributed by atoms with Crippen molar-refractivity contribution in [2.75, 3.05) is 12.3 Å². The van der Waals surface area contributed by atoms with E-state index in [1.807, 2.05) is 0 Å². The summed E-state index contributed by atoms with van der Waals surface area (Å²) in [5.74, 6) is -0.160. The smallest absolute Gasteiger partial charge is 0.390 e. The third-order valence-corrected chi connectivity index (χ3v) is 5.45. The molecule has 1 aliphatic rings. The first kappa shape index (κ1) is 15.5. The van der Waals surface area contributed by atoms with E-state index in [0.29, 0.717) is 12.2 Å². The van der Waals surface area contributed by atoms with Crippen LogP contribution in [-0.4, -0.2) is 37.0 Å². The molecule has 4 aromatic rings. The molecule has 0 spiro atoms. The maximum Gasteiger partial charge on any atom is 0.411 e. The van der Waals surface area contributed by atoms with Gasteiger partial charge in [0.25, 0.3) is 0 Å². The monoisotopic (exact) mass is 458 g/mol. The van der Waals surface area contributed by atoms with E-state index in [2.05, 4.69) is 15.1 Å². The highest BCUT2D eigenvalue weighted by Gasteiger charge is 2.27. The average Bonchev–Trinajstić information content (AvgIpc) is 3.49. The number of rotatable bonds is 5. The van der Waals surface area contributed by atoms with Gasteiger partial charge in [0.15, 0.2) is 0 Å². The third kappa shape index (κ3) is 3.64. The lowest BCUT2D eigenvalue weighted by atomic mass is 10.00. The summed E-state index contributed by atoms with van der Waals surface area (Å²) in [5.41, 5.74) is 6.36. The highest BCUT2D eigenvalue weighted by Crippen LogP contribution is 2.33. The number of aliphatic hydroxyl groups is 1. The summed E-state index contributed by atoms with van der Waals surface area (Å²) in [6, 6.07) is 0.376. The lowest BCUT2D eigenvalue weighted by Crippen LogP contribution is -2.30. The first-order valence-corrected chi connectivity index (χ1v) is 10.3. The minimum atomic E-state index is -0.555. The summed E-state index contributed by atoms with van der Waals surface area (Å²) in [6.45, 7) is 0.336. The van der Waals surface area contributed by atoms with Gasteiger partial charge in [0.2, 0.25) is 5.65 Å². The Morgan fingerprint density at radius 3 is 2.84 bits per heavy atom. The maximum absolute atomic E-state index is 13.3. The standard InChI is InChI=1S/C22H21ClN6O3/c23-17-10-14(9-15(12-30)25-17)18-19(13-5-2-1-3-6-13)26-21(24)29-20(18)27-28(22(29)31)11-16-7-4-8-32-16/h1-3,5-6,9-10,16,30H,4,7-8,11-12H2,(H2,24,26)/p+1/t16-/m1/s1/i1D,2D,3D,5D,6D. The molecule has 0 aliphatic carbocycles. The Hall–Kier alpha value is -3.27. The fourth-order valence-corrected chi connectivity index (χ4v) is 4.08. The second-order valence-corrected chi connectivity index (χ2v) is 7.73. The molecule has 1 saturated heterocycles. The number of aromatic amines is 1. The molecule has 4 heterocycles. The molecule has 0 radical (unpaired) electrons. The first-order chi connectivity index (χ1) is 17.6. The number of nitrogens with two attached hydrogens (primary N) is 1. The van der Waals surface area contributed by atoms with E-state index >= 15 is 0 Å². The van der Waals surface area contributed by atoms with E-state index < -0.39 is 42.5 Å². The van der Waals surface area contributed by atoms with Crippen molar-refractivity contribution < 1.29 is 21.7 Å². The fraction of sp³-hybridized carbons (Fsp3) is 0.273. The van der Waals surface area contributed by atoms with Crippen LogP contribution in [0.25, 0.3) is 28.0 Å². The Labute approximate surface area is 195 Å². The number of pyridine rings is 1. The number of ether oxygens (including phenoxy) is 1. The average molecular weight is 459 g/mol. The number of anilines is 1. The summed E-state index contributed by atoms with van der Waals surface area (Å²) >= 11 is 6.22. The predicted octanol–water partition coefficient (Wildman–Crippen LogP) is 1.95. The Balaban J connectivity index is 1.90. The minimum Gasteiger partial charge on any atom is -0.390 e. The van der Waals surface area contributed by atoms with Crippen molar-refractivity contribution in [3.8, 4) is 22.4 Å². The number of halogens is 1. The van der Waals surface area contributed by atoms with Gasteiger partial charge >= 0.3 is 11.6 Å². The van der Waals surface area contributed by atoms with E-state index in [1.54, 1.807) is 0 Å². The number of nitrogens with zero attached hydrogens (tertiary/aromatic N) is 4. The van der Waals surface area contributed by atoms with Gasteiger partial charge in [-0.15, -0.1) is 9.50 Å². The molecule has 5 rings (SSSR count). The Morgan fingerprint density at radius 1 is 1.31 bits per heavy atom. The number of hydrogen-bond donors (Lipinski definition) is 2. The van der Waals surface area contributed by atoms with Crippen molar-refractivity contribution >= 4 is 23.2 Å². The molecule has 32 heavy (non-hydrogen) atoms. The normalized spacial score (nSPS) is 18.3. The molecule has 1 aromatic carbocycles. The summed E-state index contributed by atoms with van der Waals surface area (Å²) < 4.78 is 49.2. The van der Waals surface area contributed by atoms with Gasteiger partial charge in [-0.3, -0.25) is 5.73 Å². The summed E-state index contributed by atoms with van der Waals surface area (Å²) in [5, 5.41) is 14.3. The number of H-pyrrole nitrogens is 1. The van der Waals surface area contributed by atoms with Crippen molar-refractivity contribution in [2.24, 2.45) is 0 Å². The molecular formula is C22H22ClN6O3+. The first-order valence-electron chi connectivity index (χ1n) is 12.4. The second kappa shape index (κ2) is 8.34. The van der Waals surface area contributed by atoms with Crippen molar-refractivity contribution in [3.63, 3.8) is 0 Å². The molecule has 1 fully saturated rings. The highest BCUT2D eigenvalue weighted by molar-refractivity contribution is 6.29. The van der Waals surface area contributed by atoms with E-state index in [-0.39, 0.29) is 51.9 Å². The number of aromatic nitrogens is 5. The van der Waals surface area contributed by atoms with Gasteiger partial charge in [-0.2, -0.15) is 4.68 Å². The van der Waals surface area contributed by atoms with Crippen LogP contribution in [0.15, 0.2) is 47.1 Å².